The minimum atomic E-state index is -0.392. The topological polar surface area (TPSA) is 80.6 Å². The first-order chi connectivity index (χ1) is 13.0. The number of hydrogen-bond acceptors (Lipinski definition) is 4. The van der Waals surface area contributed by atoms with Crippen LogP contribution in [0.15, 0.2) is 41.2 Å². The van der Waals surface area contributed by atoms with Crippen molar-refractivity contribution < 1.29 is 14.3 Å². The van der Waals surface area contributed by atoms with Crippen LogP contribution in [0.4, 0.5) is 5.69 Å². The Labute approximate surface area is 157 Å². The SMILES string of the molecule is Cc1ccc(C(=O)Nc2ccc(C)n(CC(=O)N3CCOCC3)c2=O)cc1. The molecule has 27 heavy (non-hydrogen) atoms. The molecule has 7 heteroatoms. The number of rotatable bonds is 4. The summed E-state index contributed by atoms with van der Waals surface area (Å²) in [6, 6.07) is 10.4. The van der Waals surface area contributed by atoms with Crippen LogP contribution in [0.5, 0.6) is 0 Å². The van der Waals surface area contributed by atoms with E-state index in [0.29, 0.717) is 37.6 Å². The molecule has 142 valence electrons. The number of nitrogens with zero attached hydrogens (tertiary/aromatic N) is 2. The molecule has 1 aliphatic heterocycles. The van der Waals surface area contributed by atoms with E-state index in [1.54, 1.807) is 36.1 Å². The van der Waals surface area contributed by atoms with Gasteiger partial charge in [-0.3, -0.25) is 14.4 Å². The van der Waals surface area contributed by atoms with Gasteiger partial charge < -0.3 is 19.5 Å². The molecule has 0 spiro atoms. The molecule has 1 aromatic heterocycles. The van der Waals surface area contributed by atoms with E-state index in [-0.39, 0.29) is 24.0 Å². The minimum absolute atomic E-state index is 0.0566. The number of morpholine rings is 1. The van der Waals surface area contributed by atoms with Crippen LogP contribution in [0.25, 0.3) is 0 Å². The molecule has 2 amide bonds. The summed E-state index contributed by atoms with van der Waals surface area (Å²) in [6.07, 6.45) is 0. The maximum absolute atomic E-state index is 12.8. The molecular weight excluding hydrogens is 346 g/mol. The smallest absolute Gasteiger partial charge is 0.274 e. The van der Waals surface area contributed by atoms with E-state index < -0.39 is 5.56 Å². The van der Waals surface area contributed by atoms with Crippen molar-refractivity contribution in [2.75, 3.05) is 31.6 Å². The van der Waals surface area contributed by atoms with Crippen molar-refractivity contribution >= 4 is 17.5 Å². The van der Waals surface area contributed by atoms with Crippen LogP contribution in [0, 0.1) is 13.8 Å². The molecule has 1 fully saturated rings. The second kappa shape index (κ2) is 8.18. The molecular formula is C20H23N3O4. The fourth-order valence-electron chi connectivity index (χ4n) is 2.91. The van der Waals surface area contributed by atoms with Crippen LogP contribution in [-0.2, 0) is 16.1 Å². The van der Waals surface area contributed by atoms with Crippen molar-refractivity contribution in [1.82, 2.24) is 9.47 Å². The van der Waals surface area contributed by atoms with E-state index in [0.717, 1.165) is 5.56 Å². The van der Waals surface area contributed by atoms with Crippen molar-refractivity contribution in [3.63, 3.8) is 0 Å². The average molecular weight is 369 g/mol. The Morgan fingerprint density at radius 3 is 2.37 bits per heavy atom. The molecule has 0 aliphatic carbocycles. The van der Waals surface area contributed by atoms with E-state index in [2.05, 4.69) is 5.32 Å². The summed E-state index contributed by atoms with van der Waals surface area (Å²) in [7, 11) is 0. The number of benzene rings is 1. The Kier molecular flexibility index (Phi) is 5.71. The highest BCUT2D eigenvalue weighted by molar-refractivity contribution is 6.04. The predicted octanol–water partition coefficient (Wildman–Crippen LogP) is 1.58. The zero-order chi connectivity index (χ0) is 19.4. The number of amides is 2. The lowest BCUT2D eigenvalue weighted by molar-refractivity contribution is -0.135. The fraction of sp³-hybridized carbons (Fsp3) is 0.350. The highest BCUT2D eigenvalue weighted by Gasteiger charge is 2.19. The number of carbonyl (C=O) groups is 2. The second-order valence-electron chi connectivity index (χ2n) is 6.59. The Morgan fingerprint density at radius 2 is 1.70 bits per heavy atom. The van der Waals surface area contributed by atoms with Crippen molar-refractivity contribution in [2.45, 2.75) is 20.4 Å². The number of aryl methyl sites for hydroxylation is 2. The third kappa shape index (κ3) is 4.43. The van der Waals surface area contributed by atoms with Crippen LogP contribution in [-0.4, -0.2) is 47.6 Å². The molecule has 2 heterocycles. The van der Waals surface area contributed by atoms with Gasteiger partial charge in [0.25, 0.3) is 11.5 Å². The van der Waals surface area contributed by atoms with Gasteiger partial charge in [-0.15, -0.1) is 0 Å². The molecule has 1 saturated heterocycles. The number of hydrogen-bond donors (Lipinski definition) is 1. The van der Waals surface area contributed by atoms with E-state index in [4.69, 9.17) is 4.74 Å². The Morgan fingerprint density at radius 1 is 1.04 bits per heavy atom. The molecule has 7 nitrogen and oxygen atoms in total. The van der Waals surface area contributed by atoms with Crippen molar-refractivity contribution in [2.24, 2.45) is 0 Å². The molecule has 0 bridgehead atoms. The predicted molar refractivity (Wildman–Crippen MR) is 102 cm³/mol. The molecule has 0 unspecified atom stereocenters. The van der Waals surface area contributed by atoms with Gasteiger partial charge in [-0.05, 0) is 38.1 Å². The number of ether oxygens (including phenoxy) is 1. The van der Waals surface area contributed by atoms with Gasteiger partial charge in [0.1, 0.15) is 12.2 Å². The maximum atomic E-state index is 12.8. The molecule has 0 atom stereocenters. The molecule has 0 saturated carbocycles. The summed E-state index contributed by atoms with van der Waals surface area (Å²) in [5.41, 5.74) is 1.94. The monoisotopic (exact) mass is 369 g/mol. The largest absolute Gasteiger partial charge is 0.378 e. The van der Waals surface area contributed by atoms with Gasteiger partial charge in [0.05, 0.1) is 13.2 Å². The molecule has 1 N–H and O–H groups in total. The zero-order valence-electron chi connectivity index (χ0n) is 15.5. The first kappa shape index (κ1) is 18.8. The first-order valence-electron chi connectivity index (χ1n) is 8.89. The highest BCUT2D eigenvalue weighted by atomic mass is 16.5. The number of carbonyl (C=O) groups excluding carboxylic acids is 2. The lowest BCUT2D eigenvalue weighted by Gasteiger charge is -2.27. The Balaban J connectivity index is 1.78. The molecule has 1 aromatic carbocycles. The molecule has 2 aromatic rings. The van der Waals surface area contributed by atoms with Crippen molar-refractivity contribution in [3.8, 4) is 0 Å². The Hall–Kier alpha value is -2.93. The molecule has 0 radical (unpaired) electrons. The summed E-state index contributed by atoms with van der Waals surface area (Å²) in [5, 5.41) is 2.65. The molecule has 1 aliphatic rings. The third-order valence-corrected chi connectivity index (χ3v) is 4.61. The van der Waals surface area contributed by atoms with Gasteiger partial charge in [-0.25, -0.2) is 0 Å². The van der Waals surface area contributed by atoms with E-state index in [1.807, 2.05) is 19.1 Å². The summed E-state index contributed by atoms with van der Waals surface area (Å²) >= 11 is 0. The quantitative estimate of drug-likeness (QED) is 0.887. The number of anilines is 1. The maximum Gasteiger partial charge on any atom is 0.274 e. The number of aromatic nitrogens is 1. The van der Waals surface area contributed by atoms with Crippen molar-refractivity contribution in [3.05, 3.63) is 63.6 Å². The summed E-state index contributed by atoms with van der Waals surface area (Å²) in [5.74, 6) is -0.493. The van der Waals surface area contributed by atoms with Gasteiger partial charge >= 0.3 is 0 Å². The molecule has 3 rings (SSSR count). The van der Waals surface area contributed by atoms with Crippen LogP contribution >= 0.6 is 0 Å². The van der Waals surface area contributed by atoms with E-state index >= 15 is 0 Å². The first-order valence-corrected chi connectivity index (χ1v) is 8.89. The van der Waals surface area contributed by atoms with Crippen LogP contribution in [0.2, 0.25) is 0 Å². The van der Waals surface area contributed by atoms with Crippen molar-refractivity contribution in [1.29, 1.82) is 0 Å². The zero-order valence-corrected chi connectivity index (χ0v) is 15.5. The second-order valence-corrected chi connectivity index (χ2v) is 6.59. The van der Waals surface area contributed by atoms with Gasteiger partial charge in [0.2, 0.25) is 5.91 Å². The van der Waals surface area contributed by atoms with Crippen LogP contribution in [0.1, 0.15) is 21.6 Å². The highest BCUT2D eigenvalue weighted by Crippen LogP contribution is 2.09. The number of nitrogens with one attached hydrogen (secondary N) is 1. The van der Waals surface area contributed by atoms with Gasteiger partial charge in [0, 0.05) is 24.3 Å². The third-order valence-electron chi connectivity index (χ3n) is 4.61. The van der Waals surface area contributed by atoms with Gasteiger partial charge in [-0.1, -0.05) is 17.7 Å². The van der Waals surface area contributed by atoms with Gasteiger partial charge in [0.15, 0.2) is 0 Å². The summed E-state index contributed by atoms with van der Waals surface area (Å²) in [6.45, 7) is 5.70. The van der Waals surface area contributed by atoms with E-state index in [1.165, 1.54) is 4.57 Å². The van der Waals surface area contributed by atoms with Crippen LogP contribution < -0.4 is 10.9 Å². The standard InChI is InChI=1S/C20H23N3O4/c1-14-3-6-16(7-4-14)19(25)21-17-8-5-15(2)23(20(17)26)13-18(24)22-9-11-27-12-10-22/h3-8H,9-13H2,1-2H3,(H,21,25). The average Bonchev–Trinajstić information content (AvgIpc) is 2.68. The van der Waals surface area contributed by atoms with Gasteiger partial charge in [-0.2, -0.15) is 0 Å². The summed E-state index contributed by atoms with van der Waals surface area (Å²) in [4.78, 5) is 39.3. The number of pyridine rings is 1. The minimum Gasteiger partial charge on any atom is -0.378 e. The Bertz CT molecular complexity index is 896. The fourth-order valence-corrected chi connectivity index (χ4v) is 2.91. The van der Waals surface area contributed by atoms with Crippen LogP contribution in [0.3, 0.4) is 0 Å². The lowest BCUT2D eigenvalue weighted by Crippen LogP contribution is -2.43. The normalized spacial score (nSPS) is 14.1. The lowest BCUT2D eigenvalue weighted by atomic mass is 10.1. The summed E-state index contributed by atoms with van der Waals surface area (Å²) < 4.78 is 6.64. The van der Waals surface area contributed by atoms with E-state index in [9.17, 15) is 14.4 Å².